The van der Waals surface area contributed by atoms with Gasteiger partial charge in [0.05, 0.1) is 12.7 Å². The molecule has 1 fully saturated rings. The molecule has 0 aliphatic heterocycles. The van der Waals surface area contributed by atoms with Crippen LogP contribution in [-0.2, 0) is 25.6 Å². The lowest BCUT2D eigenvalue weighted by atomic mass is 9.90. The molecule has 228 valence electrons. The number of unbranched alkanes of at least 4 members (excludes halogenated alkanes) is 2. The van der Waals surface area contributed by atoms with Crippen LogP contribution in [0.3, 0.4) is 0 Å². The Morgan fingerprint density at radius 2 is 1.93 bits per heavy atom. The van der Waals surface area contributed by atoms with Crippen molar-refractivity contribution in [1.82, 2.24) is 5.32 Å². The number of carbonyl (C=O) groups is 2. The van der Waals surface area contributed by atoms with Crippen LogP contribution in [0.2, 0.25) is 0 Å². The largest absolute Gasteiger partial charge is 0.458 e. The zero-order valence-corrected chi connectivity index (χ0v) is 24.1. The molecule has 2 rings (SSSR count). The second-order valence-corrected chi connectivity index (χ2v) is 10.5. The van der Waals surface area contributed by atoms with Crippen molar-refractivity contribution in [3.05, 3.63) is 70.3 Å². The minimum atomic E-state index is -1.02. The number of carbonyl (C=O) groups excluding carboxylic acids is 2. The molecule has 10 nitrogen and oxygen atoms in total. The Hall–Kier alpha value is -3.24. The van der Waals surface area contributed by atoms with Gasteiger partial charge in [0.2, 0.25) is 5.91 Å². The summed E-state index contributed by atoms with van der Waals surface area (Å²) in [4.78, 5) is 38.7. The monoisotopic (exact) mass is 574 g/mol. The van der Waals surface area contributed by atoms with Gasteiger partial charge in [-0.25, -0.2) is 0 Å². The Bertz CT molecular complexity index is 968. The van der Waals surface area contributed by atoms with Gasteiger partial charge in [0.1, 0.15) is 12.2 Å². The van der Waals surface area contributed by atoms with Gasteiger partial charge in [-0.05, 0) is 88.2 Å². The van der Waals surface area contributed by atoms with Crippen LogP contribution in [0.5, 0.6) is 0 Å². The number of rotatable bonds is 20. The maximum absolute atomic E-state index is 12.6. The van der Waals surface area contributed by atoms with Crippen LogP contribution in [0.15, 0.2) is 54.6 Å². The summed E-state index contributed by atoms with van der Waals surface area (Å²) in [6.45, 7) is 2.31. The van der Waals surface area contributed by atoms with Crippen molar-refractivity contribution in [2.45, 2.75) is 95.9 Å². The number of hydrogen-bond acceptors (Lipinski definition) is 8. The maximum atomic E-state index is 12.6. The SMILES string of the molecule is CCNC(=O)C(O)CC/C=C\C[C@H]1[C@@H](O)CC[C@@H]1/C=C/[C@H](CCc1ccccc1)OC(=O)CCCCCO[N+](=O)[O-]. The Labute approximate surface area is 242 Å². The third-order valence-electron chi connectivity index (χ3n) is 7.31. The van der Waals surface area contributed by atoms with E-state index in [1.54, 1.807) is 6.92 Å². The Balaban J connectivity index is 1.90. The first-order chi connectivity index (χ1) is 19.8. The van der Waals surface area contributed by atoms with Gasteiger partial charge >= 0.3 is 5.97 Å². The summed E-state index contributed by atoms with van der Waals surface area (Å²) in [6, 6.07) is 10.0. The normalized spacial score (nSPS) is 20.2. The van der Waals surface area contributed by atoms with Gasteiger partial charge in [0.25, 0.3) is 5.09 Å². The summed E-state index contributed by atoms with van der Waals surface area (Å²) in [5.74, 6) is -0.469. The predicted molar refractivity (Wildman–Crippen MR) is 155 cm³/mol. The van der Waals surface area contributed by atoms with Crippen molar-refractivity contribution in [2.24, 2.45) is 11.8 Å². The lowest BCUT2D eigenvalue weighted by molar-refractivity contribution is -0.757. The summed E-state index contributed by atoms with van der Waals surface area (Å²) in [7, 11) is 0. The van der Waals surface area contributed by atoms with E-state index in [1.807, 2.05) is 48.6 Å². The smallest absolute Gasteiger partial charge is 0.306 e. The first-order valence-electron chi connectivity index (χ1n) is 14.8. The van der Waals surface area contributed by atoms with Crippen LogP contribution >= 0.6 is 0 Å². The van der Waals surface area contributed by atoms with Crippen molar-refractivity contribution in [3.63, 3.8) is 0 Å². The number of hydrogen-bond donors (Lipinski definition) is 3. The molecule has 5 atom stereocenters. The van der Waals surface area contributed by atoms with Crippen molar-refractivity contribution in [2.75, 3.05) is 13.2 Å². The van der Waals surface area contributed by atoms with Crippen molar-refractivity contribution >= 4 is 11.9 Å². The first-order valence-corrected chi connectivity index (χ1v) is 14.8. The molecule has 0 saturated heterocycles. The number of aliphatic hydroxyl groups excluding tert-OH is 2. The Kier molecular flexibility index (Phi) is 16.4. The average Bonchev–Trinajstić information content (AvgIpc) is 3.31. The molecule has 0 bridgehead atoms. The summed E-state index contributed by atoms with van der Waals surface area (Å²) < 4.78 is 5.81. The van der Waals surface area contributed by atoms with E-state index >= 15 is 0 Å². The van der Waals surface area contributed by atoms with Gasteiger partial charge in [0, 0.05) is 13.0 Å². The van der Waals surface area contributed by atoms with E-state index in [1.165, 1.54) is 0 Å². The molecule has 1 aromatic rings. The standard InChI is InChI=1S/C31H46N2O8/c1-2-32-31(37)29(35)15-9-4-8-14-27-25(19-22-28(27)34)18-21-26(20-17-24-12-6-3-7-13-24)41-30(36)16-10-5-11-23-40-33(38)39/h3-4,6-8,12-13,18,21,25-29,34-35H,2,5,9-11,14-17,19-20,22-23H2,1H3,(H,32,37)/b8-4-,21-18+/t25-,26-,27+,28-,29?/m0/s1. The van der Waals surface area contributed by atoms with Crippen LogP contribution in [0.1, 0.15) is 76.7 Å². The van der Waals surface area contributed by atoms with Crippen LogP contribution in [-0.4, -0.2) is 58.6 Å². The molecule has 1 aliphatic carbocycles. The Morgan fingerprint density at radius 3 is 2.66 bits per heavy atom. The number of ether oxygens (including phenoxy) is 1. The van der Waals surface area contributed by atoms with Crippen LogP contribution in [0, 0.1) is 22.0 Å². The summed E-state index contributed by atoms with van der Waals surface area (Å²) >= 11 is 0. The topological polar surface area (TPSA) is 148 Å². The molecule has 1 aromatic carbocycles. The lowest BCUT2D eigenvalue weighted by Crippen LogP contribution is -2.34. The molecule has 1 amide bonds. The zero-order chi connectivity index (χ0) is 29.9. The number of amides is 1. The minimum absolute atomic E-state index is 0.0200. The number of likely N-dealkylation sites (N-methyl/N-ethyl adjacent to an activating group) is 1. The number of esters is 1. The summed E-state index contributed by atoms with van der Waals surface area (Å²) in [5.41, 5.74) is 1.16. The number of aryl methyl sites for hydroxylation is 1. The molecular weight excluding hydrogens is 528 g/mol. The lowest BCUT2D eigenvalue weighted by Gasteiger charge is -2.20. The molecule has 0 radical (unpaired) electrons. The third-order valence-corrected chi connectivity index (χ3v) is 7.31. The molecular formula is C31H46N2O8. The Morgan fingerprint density at radius 1 is 1.15 bits per heavy atom. The van der Waals surface area contributed by atoms with Gasteiger partial charge in [0.15, 0.2) is 0 Å². The van der Waals surface area contributed by atoms with E-state index < -0.39 is 23.4 Å². The van der Waals surface area contributed by atoms with Gasteiger partial charge in [-0.1, -0.05) is 55.0 Å². The van der Waals surface area contributed by atoms with E-state index in [0.29, 0.717) is 57.9 Å². The molecule has 10 heteroatoms. The van der Waals surface area contributed by atoms with Crippen LogP contribution < -0.4 is 5.32 Å². The van der Waals surface area contributed by atoms with Gasteiger partial charge in [-0.15, -0.1) is 10.1 Å². The molecule has 1 saturated carbocycles. The highest BCUT2D eigenvalue weighted by atomic mass is 16.9. The fourth-order valence-corrected chi connectivity index (χ4v) is 5.03. The predicted octanol–water partition coefficient (Wildman–Crippen LogP) is 4.47. The van der Waals surface area contributed by atoms with E-state index in [0.717, 1.165) is 18.4 Å². The number of aliphatic hydroxyl groups is 2. The average molecular weight is 575 g/mol. The van der Waals surface area contributed by atoms with Crippen LogP contribution in [0.4, 0.5) is 0 Å². The van der Waals surface area contributed by atoms with Crippen molar-refractivity contribution in [1.29, 1.82) is 0 Å². The molecule has 0 spiro atoms. The van der Waals surface area contributed by atoms with Crippen molar-refractivity contribution in [3.8, 4) is 0 Å². The van der Waals surface area contributed by atoms with Crippen molar-refractivity contribution < 1.29 is 34.5 Å². The second kappa shape index (κ2) is 19.8. The summed E-state index contributed by atoms with van der Waals surface area (Å²) in [5, 5.41) is 32.5. The quantitative estimate of drug-likeness (QED) is 0.0679. The first kappa shape index (κ1) is 34.0. The van der Waals surface area contributed by atoms with Gasteiger partial charge in [-0.3, -0.25) is 9.59 Å². The highest BCUT2D eigenvalue weighted by molar-refractivity contribution is 5.80. The second-order valence-electron chi connectivity index (χ2n) is 10.5. The van der Waals surface area contributed by atoms with E-state index in [-0.39, 0.29) is 36.7 Å². The highest BCUT2D eigenvalue weighted by Crippen LogP contribution is 2.36. The fraction of sp³-hybridized carbons (Fsp3) is 0.613. The molecule has 0 heterocycles. The van der Waals surface area contributed by atoms with E-state index in [2.05, 4.69) is 16.2 Å². The van der Waals surface area contributed by atoms with E-state index in [4.69, 9.17) is 4.74 Å². The van der Waals surface area contributed by atoms with E-state index in [9.17, 15) is 29.9 Å². The molecule has 1 unspecified atom stereocenters. The number of nitrogens with one attached hydrogen (secondary N) is 1. The highest BCUT2D eigenvalue weighted by Gasteiger charge is 2.32. The molecule has 41 heavy (non-hydrogen) atoms. The minimum Gasteiger partial charge on any atom is -0.458 e. The fourth-order valence-electron chi connectivity index (χ4n) is 5.03. The van der Waals surface area contributed by atoms with Crippen LogP contribution in [0.25, 0.3) is 0 Å². The molecule has 0 aromatic heterocycles. The molecule has 1 aliphatic rings. The van der Waals surface area contributed by atoms with Gasteiger partial charge in [-0.2, -0.15) is 0 Å². The maximum Gasteiger partial charge on any atom is 0.306 e. The number of benzene rings is 1. The number of nitrogens with zero attached hydrogens (tertiary/aromatic N) is 1. The third kappa shape index (κ3) is 14.3. The molecule has 3 N–H and O–H groups in total. The summed E-state index contributed by atoms with van der Waals surface area (Å²) in [6.07, 6.45) is 12.6. The number of allylic oxidation sites excluding steroid dienone is 3. The zero-order valence-electron chi connectivity index (χ0n) is 24.1. The van der Waals surface area contributed by atoms with Gasteiger partial charge < -0.3 is 25.1 Å².